The Kier molecular flexibility index (Phi) is 5.37. The monoisotopic (exact) mass is 250 g/mol. The van der Waals surface area contributed by atoms with Gasteiger partial charge in [-0.05, 0) is 11.4 Å². The van der Waals surface area contributed by atoms with Crippen molar-refractivity contribution >= 4 is 27.9 Å². The highest BCUT2D eigenvalue weighted by Gasteiger charge is 2.27. The first kappa shape index (κ1) is 12.2. The van der Waals surface area contributed by atoms with Crippen LogP contribution >= 0.6 is 15.9 Å². The van der Waals surface area contributed by atoms with Crippen LogP contribution in [0, 0.1) is 5.92 Å². The maximum absolute atomic E-state index is 11.1. The predicted molar refractivity (Wildman–Crippen MR) is 50.4 cm³/mol. The van der Waals surface area contributed by atoms with E-state index in [-0.39, 0.29) is 13.0 Å². The van der Waals surface area contributed by atoms with Gasteiger partial charge >= 0.3 is 11.9 Å². The third kappa shape index (κ3) is 4.67. The Labute approximate surface area is 84.7 Å². The van der Waals surface area contributed by atoms with Gasteiger partial charge < -0.3 is 9.84 Å². The molecule has 0 spiro atoms. The fraction of sp³-hybridized carbons (Fsp3) is 0.500. The quantitative estimate of drug-likeness (QED) is 0.594. The molecular formula is C8H11BrO4. The van der Waals surface area contributed by atoms with Crippen molar-refractivity contribution in [3.8, 4) is 0 Å². The zero-order valence-electron chi connectivity index (χ0n) is 7.25. The van der Waals surface area contributed by atoms with Crippen LogP contribution in [0.15, 0.2) is 11.1 Å². The number of carbonyl (C=O) groups is 2. The van der Waals surface area contributed by atoms with Gasteiger partial charge in [-0.2, -0.15) is 0 Å². The zero-order chi connectivity index (χ0) is 10.4. The standard InChI is InChI=1S/C8H11BrO4/c1-3-13-8(12)6(7(10)11)4-5(2)9/h6H,2-4H2,1H3,(H,10,11). The molecule has 0 heterocycles. The van der Waals surface area contributed by atoms with Crippen LogP contribution in [-0.2, 0) is 14.3 Å². The van der Waals surface area contributed by atoms with Crippen LogP contribution in [0.25, 0.3) is 0 Å². The van der Waals surface area contributed by atoms with Gasteiger partial charge in [-0.3, -0.25) is 9.59 Å². The second-order valence-corrected chi connectivity index (χ2v) is 3.49. The molecule has 0 rings (SSSR count). The van der Waals surface area contributed by atoms with Crippen LogP contribution < -0.4 is 0 Å². The first-order valence-corrected chi connectivity index (χ1v) is 4.51. The van der Waals surface area contributed by atoms with Crippen LogP contribution in [0.4, 0.5) is 0 Å². The van der Waals surface area contributed by atoms with E-state index in [4.69, 9.17) is 5.11 Å². The second kappa shape index (κ2) is 5.75. The van der Waals surface area contributed by atoms with Crippen molar-refractivity contribution in [1.29, 1.82) is 0 Å². The summed E-state index contributed by atoms with van der Waals surface area (Å²) in [7, 11) is 0. The van der Waals surface area contributed by atoms with E-state index in [2.05, 4.69) is 27.2 Å². The largest absolute Gasteiger partial charge is 0.481 e. The lowest BCUT2D eigenvalue weighted by molar-refractivity contribution is -0.158. The van der Waals surface area contributed by atoms with Crippen molar-refractivity contribution in [3.05, 3.63) is 11.1 Å². The lowest BCUT2D eigenvalue weighted by Crippen LogP contribution is -2.25. The molecule has 0 amide bonds. The number of allylic oxidation sites excluding steroid dienone is 1. The maximum atomic E-state index is 11.1. The van der Waals surface area contributed by atoms with Gasteiger partial charge in [-0.1, -0.05) is 22.5 Å². The van der Waals surface area contributed by atoms with Gasteiger partial charge in [0.15, 0.2) is 5.92 Å². The number of esters is 1. The summed E-state index contributed by atoms with van der Waals surface area (Å²) < 4.78 is 5.05. The Morgan fingerprint density at radius 3 is 2.46 bits per heavy atom. The molecular weight excluding hydrogens is 240 g/mol. The number of rotatable bonds is 5. The van der Waals surface area contributed by atoms with Crippen LogP contribution in [-0.4, -0.2) is 23.7 Å². The van der Waals surface area contributed by atoms with Crippen LogP contribution in [0.3, 0.4) is 0 Å². The van der Waals surface area contributed by atoms with E-state index in [1.165, 1.54) is 0 Å². The molecule has 0 aromatic rings. The Hall–Kier alpha value is -0.840. The molecule has 1 unspecified atom stereocenters. The van der Waals surface area contributed by atoms with Gasteiger partial charge in [0.05, 0.1) is 6.61 Å². The molecule has 0 aromatic heterocycles. The molecule has 4 nitrogen and oxygen atoms in total. The second-order valence-electron chi connectivity index (χ2n) is 2.36. The van der Waals surface area contributed by atoms with Gasteiger partial charge in [0.25, 0.3) is 0 Å². The summed E-state index contributed by atoms with van der Waals surface area (Å²) in [5.41, 5.74) is 0. The molecule has 0 aliphatic heterocycles. The van der Waals surface area contributed by atoms with Crippen molar-refractivity contribution in [2.75, 3.05) is 6.61 Å². The summed E-state index contributed by atoms with van der Waals surface area (Å²) >= 11 is 3.00. The normalized spacial score (nSPS) is 11.8. The molecule has 1 N–H and O–H groups in total. The molecule has 0 radical (unpaired) electrons. The molecule has 0 saturated carbocycles. The van der Waals surface area contributed by atoms with E-state index in [1.54, 1.807) is 6.92 Å². The number of halogens is 1. The first-order valence-electron chi connectivity index (χ1n) is 3.71. The number of hydrogen-bond donors (Lipinski definition) is 1. The zero-order valence-corrected chi connectivity index (χ0v) is 8.83. The Morgan fingerprint density at radius 1 is 1.62 bits per heavy atom. The average Bonchev–Trinajstić information content (AvgIpc) is 1.99. The maximum Gasteiger partial charge on any atom is 0.320 e. The fourth-order valence-electron chi connectivity index (χ4n) is 0.736. The minimum absolute atomic E-state index is 0.0498. The molecule has 5 heteroatoms. The third-order valence-corrected chi connectivity index (χ3v) is 1.62. The fourth-order valence-corrected chi connectivity index (χ4v) is 1.06. The van der Waals surface area contributed by atoms with E-state index in [0.717, 1.165) is 0 Å². The molecule has 74 valence electrons. The van der Waals surface area contributed by atoms with E-state index in [9.17, 15) is 9.59 Å². The molecule has 0 aliphatic carbocycles. The van der Waals surface area contributed by atoms with Gasteiger partial charge in [0.2, 0.25) is 0 Å². The van der Waals surface area contributed by atoms with Gasteiger partial charge in [-0.25, -0.2) is 0 Å². The minimum atomic E-state index is -1.20. The Balaban J connectivity index is 4.32. The summed E-state index contributed by atoms with van der Waals surface area (Å²) in [6.07, 6.45) is 0.0498. The van der Waals surface area contributed by atoms with E-state index >= 15 is 0 Å². The highest BCUT2D eigenvalue weighted by Crippen LogP contribution is 2.16. The summed E-state index contributed by atoms with van der Waals surface area (Å²) in [5, 5.41) is 8.66. The summed E-state index contributed by atoms with van der Waals surface area (Å²) in [6, 6.07) is 0. The molecule has 13 heavy (non-hydrogen) atoms. The number of carboxylic acid groups (broad SMARTS) is 1. The Morgan fingerprint density at radius 2 is 2.15 bits per heavy atom. The van der Waals surface area contributed by atoms with Gasteiger partial charge in [-0.15, -0.1) is 0 Å². The predicted octanol–water partition coefficient (Wildman–Crippen LogP) is 1.55. The molecule has 0 saturated heterocycles. The van der Waals surface area contributed by atoms with Crippen LogP contribution in [0.5, 0.6) is 0 Å². The number of carbonyl (C=O) groups excluding carboxylic acids is 1. The molecule has 0 fully saturated rings. The molecule has 0 aliphatic rings. The molecule has 0 aromatic carbocycles. The minimum Gasteiger partial charge on any atom is -0.481 e. The molecule has 1 atom stereocenters. The summed E-state index contributed by atoms with van der Waals surface area (Å²) in [6.45, 7) is 5.27. The van der Waals surface area contributed by atoms with E-state index in [1.807, 2.05) is 0 Å². The lowest BCUT2D eigenvalue weighted by Gasteiger charge is -2.09. The topological polar surface area (TPSA) is 63.6 Å². The average molecular weight is 251 g/mol. The smallest absolute Gasteiger partial charge is 0.320 e. The van der Waals surface area contributed by atoms with E-state index in [0.29, 0.717) is 4.48 Å². The third-order valence-electron chi connectivity index (χ3n) is 1.29. The summed E-state index contributed by atoms with van der Waals surface area (Å²) in [4.78, 5) is 21.6. The van der Waals surface area contributed by atoms with Crippen molar-refractivity contribution in [1.82, 2.24) is 0 Å². The van der Waals surface area contributed by atoms with Crippen molar-refractivity contribution in [2.45, 2.75) is 13.3 Å². The number of ether oxygens (including phenoxy) is 1. The van der Waals surface area contributed by atoms with Gasteiger partial charge in [0.1, 0.15) is 0 Å². The van der Waals surface area contributed by atoms with Crippen LogP contribution in [0.2, 0.25) is 0 Å². The molecule has 0 bridgehead atoms. The highest BCUT2D eigenvalue weighted by molar-refractivity contribution is 9.11. The number of carboxylic acids is 1. The number of hydrogen-bond acceptors (Lipinski definition) is 3. The number of aliphatic carboxylic acids is 1. The highest BCUT2D eigenvalue weighted by atomic mass is 79.9. The van der Waals surface area contributed by atoms with Crippen molar-refractivity contribution in [2.24, 2.45) is 5.92 Å². The SMILES string of the molecule is C=C(Br)CC(C(=O)O)C(=O)OCC. The van der Waals surface area contributed by atoms with E-state index < -0.39 is 17.9 Å². The summed E-state index contributed by atoms with van der Waals surface area (Å²) in [5.74, 6) is -3.08. The first-order chi connectivity index (χ1) is 5.99. The van der Waals surface area contributed by atoms with Crippen LogP contribution in [0.1, 0.15) is 13.3 Å². The Bertz CT molecular complexity index is 224. The lowest BCUT2D eigenvalue weighted by atomic mass is 10.1. The van der Waals surface area contributed by atoms with Gasteiger partial charge in [0, 0.05) is 6.42 Å². The van der Waals surface area contributed by atoms with Crippen molar-refractivity contribution in [3.63, 3.8) is 0 Å². The van der Waals surface area contributed by atoms with Crippen molar-refractivity contribution < 1.29 is 19.4 Å².